The molecular weight excluding hydrogens is 334 g/mol. The van der Waals surface area contributed by atoms with Crippen molar-refractivity contribution in [2.45, 2.75) is 32.3 Å². The van der Waals surface area contributed by atoms with Crippen LogP contribution in [0.4, 0.5) is 5.95 Å². The second-order valence-electron chi connectivity index (χ2n) is 7.40. The molecule has 2 aromatic rings. The average Bonchev–Trinajstić information content (AvgIpc) is 3.22. The fourth-order valence-corrected chi connectivity index (χ4v) is 3.80. The van der Waals surface area contributed by atoms with Gasteiger partial charge in [-0.25, -0.2) is 9.97 Å². The first-order valence-corrected chi connectivity index (χ1v) is 8.75. The van der Waals surface area contributed by atoms with E-state index in [1.807, 2.05) is 30.8 Å². The third kappa shape index (κ3) is 2.65. The van der Waals surface area contributed by atoms with Gasteiger partial charge < -0.3 is 19.1 Å². The van der Waals surface area contributed by atoms with E-state index in [0.29, 0.717) is 43.7 Å². The zero-order valence-corrected chi connectivity index (χ0v) is 15.6. The van der Waals surface area contributed by atoms with Crippen molar-refractivity contribution < 1.29 is 14.1 Å². The predicted octanol–water partition coefficient (Wildman–Crippen LogP) is 1.46. The molecule has 8 heteroatoms. The second-order valence-corrected chi connectivity index (χ2v) is 7.40. The summed E-state index contributed by atoms with van der Waals surface area (Å²) in [6.07, 6.45) is 0.811. The third-order valence-electron chi connectivity index (χ3n) is 5.22. The molecule has 0 aliphatic carbocycles. The van der Waals surface area contributed by atoms with E-state index in [0.717, 1.165) is 23.4 Å². The summed E-state index contributed by atoms with van der Waals surface area (Å²) >= 11 is 0. The van der Waals surface area contributed by atoms with Gasteiger partial charge in [0.1, 0.15) is 5.76 Å². The summed E-state index contributed by atoms with van der Waals surface area (Å²) in [7, 11) is 3.87. The number of likely N-dealkylation sites (tertiary alicyclic amines) is 1. The number of fused-ring (bicyclic) bond motifs is 2. The van der Waals surface area contributed by atoms with Crippen LogP contribution in [0.1, 0.15) is 39.6 Å². The van der Waals surface area contributed by atoms with E-state index in [2.05, 4.69) is 10.1 Å². The molecule has 1 saturated heterocycles. The van der Waals surface area contributed by atoms with Crippen LogP contribution in [0.3, 0.4) is 0 Å². The Balaban J connectivity index is 1.68. The van der Waals surface area contributed by atoms with Gasteiger partial charge in [-0.15, -0.1) is 0 Å². The molecule has 26 heavy (non-hydrogen) atoms. The Kier molecular flexibility index (Phi) is 3.95. The number of hydrogen-bond donors (Lipinski definition) is 0. The topological polar surface area (TPSA) is 84.6 Å². The largest absolute Gasteiger partial charge is 0.376 e. The molecule has 1 spiro atoms. The monoisotopic (exact) mass is 357 g/mol. The number of nitrogens with zero attached hydrogens (tertiary/aromatic N) is 5. The first-order valence-electron chi connectivity index (χ1n) is 8.75. The molecule has 0 bridgehead atoms. The number of carbonyl (C=O) groups excluding carboxylic acids is 1. The number of aryl methyl sites for hydroxylation is 2. The van der Waals surface area contributed by atoms with E-state index in [1.54, 1.807) is 13.0 Å². The maximum atomic E-state index is 12.8. The lowest BCUT2D eigenvalue weighted by atomic mass is 9.80. The highest BCUT2D eigenvalue weighted by molar-refractivity contribution is 5.92. The van der Waals surface area contributed by atoms with Crippen molar-refractivity contribution in [1.82, 2.24) is 20.0 Å². The molecule has 0 unspecified atom stereocenters. The van der Waals surface area contributed by atoms with E-state index >= 15 is 0 Å². The van der Waals surface area contributed by atoms with E-state index in [9.17, 15) is 4.79 Å². The van der Waals surface area contributed by atoms with Crippen molar-refractivity contribution in [2.24, 2.45) is 0 Å². The van der Waals surface area contributed by atoms with Gasteiger partial charge in [-0.05, 0) is 20.3 Å². The van der Waals surface area contributed by atoms with E-state index in [4.69, 9.17) is 14.2 Å². The SMILES string of the molecule is Cc1cc(C(=O)N2CC[C@@]3(COCc4c(C)nc(N(C)C)nc43)C2)no1. The molecule has 1 amide bonds. The van der Waals surface area contributed by atoms with Crippen molar-refractivity contribution in [3.63, 3.8) is 0 Å². The quantitative estimate of drug-likeness (QED) is 0.804. The zero-order chi connectivity index (χ0) is 18.5. The summed E-state index contributed by atoms with van der Waals surface area (Å²) in [6.45, 7) is 6.06. The van der Waals surface area contributed by atoms with Crippen molar-refractivity contribution in [1.29, 1.82) is 0 Å². The van der Waals surface area contributed by atoms with Crippen LogP contribution in [0.15, 0.2) is 10.6 Å². The summed E-state index contributed by atoms with van der Waals surface area (Å²) in [5, 5.41) is 3.86. The molecule has 0 radical (unpaired) electrons. The number of anilines is 1. The van der Waals surface area contributed by atoms with Crippen molar-refractivity contribution >= 4 is 11.9 Å². The van der Waals surface area contributed by atoms with Crippen LogP contribution in [0.5, 0.6) is 0 Å². The Hall–Kier alpha value is -2.48. The molecule has 8 nitrogen and oxygen atoms in total. The fourth-order valence-electron chi connectivity index (χ4n) is 3.80. The Morgan fingerprint density at radius 3 is 2.81 bits per heavy atom. The van der Waals surface area contributed by atoms with Crippen LogP contribution >= 0.6 is 0 Å². The summed E-state index contributed by atoms with van der Waals surface area (Å²) in [5.74, 6) is 1.22. The molecule has 1 atom stereocenters. The Labute approximate surface area is 152 Å². The standard InChI is InChI=1S/C18H23N5O3/c1-11-7-14(21-26-11)16(24)23-6-5-18(9-23)10-25-8-13-12(2)19-17(22(3)4)20-15(13)18/h7H,5-6,8-10H2,1-4H3/t18-/m0/s1. The molecule has 138 valence electrons. The normalized spacial score (nSPS) is 21.9. The van der Waals surface area contributed by atoms with E-state index in [-0.39, 0.29) is 11.3 Å². The van der Waals surface area contributed by atoms with Gasteiger partial charge in [0.15, 0.2) is 5.69 Å². The number of hydrogen-bond acceptors (Lipinski definition) is 7. The van der Waals surface area contributed by atoms with Gasteiger partial charge in [0.2, 0.25) is 5.95 Å². The van der Waals surface area contributed by atoms with E-state index < -0.39 is 0 Å². The minimum atomic E-state index is -0.291. The van der Waals surface area contributed by atoms with Crippen LogP contribution in [-0.2, 0) is 16.8 Å². The molecule has 0 saturated carbocycles. The summed E-state index contributed by atoms with van der Waals surface area (Å²) < 4.78 is 10.9. The van der Waals surface area contributed by atoms with Crippen LogP contribution in [0.2, 0.25) is 0 Å². The lowest BCUT2D eigenvalue weighted by Gasteiger charge is -2.35. The molecule has 2 aliphatic rings. The van der Waals surface area contributed by atoms with Gasteiger partial charge >= 0.3 is 0 Å². The van der Waals surface area contributed by atoms with Crippen molar-refractivity contribution in [3.8, 4) is 0 Å². The zero-order valence-electron chi connectivity index (χ0n) is 15.6. The smallest absolute Gasteiger partial charge is 0.276 e. The Morgan fingerprint density at radius 2 is 2.12 bits per heavy atom. The molecule has 2 aromatic heterocycles. The second kappa shape index (κ2) is 6.05. The number of aromatic nitrogens is 3. The lowest BCUT2D eigenvalue weighted by Crippen LogP contribution is -2.42. The molecule has 0 aromatic carbocycles. The lowest BCUT2D eigenvalue weighted by molar-refractivity contribution is 0.0479. The first kappa shape index (κ1) is 17.0. The van der Waals surface area contributed by atoms with Crippen LogP contribution in [-0.4, -0.2) is 59.7 Å². The van der Waals surface area contributed by atoms with Gasteiger partial charge in [-0.1, -0.05) is 5.16 Å². The molecular formula is C18H23N5O3. The van der Waals surface area contributed by atoms with Gasteiger partial charge in [-0.2, -0.15) is 0 Å². The predicted molar refractivity (Wildman–Crippen MR) is 94.2 cm³/mol. The summed E-state index contributed by atoms with van der Waals surface area (Å²) in [5.41, 5.74) is 3.07. The highest BCUT2D eigenvalue weighted by Gasteiger charge is 2.47. The summed E-state index contributed by atoms with van der Waals surface area (Å²) in [6, 6.07) is 1.68. The van der Waals surface area contributed by atoms with Gasteiger partial charge in [0, 0.05) is 44.5 Å². The molecule has 1 fully saturated rings. The van der Waals surface area contributed by atoms with Crippen LogP contribution in [0, 0.1) is 13.8 Å². The van der Waals surface area contributed by atoms with Crippen LogP contribution < -0.4 is 4.90 Å². The van der Waals surface area contributed by atoms with Crippen molar-refractivity contribution in [2.75, 3.05) is 38.7 Å². The highest BCUT2D eigenvalue weighted by atomic mass is 16.5. The van der Waals surface area contributed by atoms with Crippen LogP contribution in [0.25, 0.3) is 0 Å². The molecule has 4 heterocycles. The summed E-state index contributed by atoms with van der Waals surface area (Å²) in [4.78, 5) is 25.9. The van der Waals surface area contributed by atoms with Gasteiger partial charge in [0.25, 0.3) is 5.91 Å². The number of carbonyl (C=O) groups is 1. The van der Waals surface area contributed by atoms with Crippen molar-refractivity contribution in [3.05, 3.63) is 34.5 Å². The number of rotatable bonds is 2. The van der Waals surface area contributed by atoms with Gasteiger partial charge in [0.05, 0.1) is 24.3 Å². The first-order chi connectivity index (χ1) is 12.4. The highest BCUT2D eigenvalue weighted by Crippen LogP contribution is 2.40. The Bertz CT molecular complexity index is 863. The number of ether oxygens (including phenoxy) is 1. The molecule has 0 N–H and O–H groups in total. The average molecular weight is 357 g/mol. The third-order valence-corrected chi connectivity index (χ3v) is 5.22. The molecule has 2 aliphatic heterocycles. The van der Waals surface area contributed by atoms with E-state index in [1.165, 1.54) is 0 Å². The number of amides is 1. The minimum Gasteiger partial charge on any atom is -0.376 e. The maximum absolute atomic E-state index is 12.8. The molecule has 4 rings (SSSR count). The minimum absolute atomic E-state index is 0.107. The Morgan fingerprint density at radius 1 is 1.31 bits per heavy atom. The fraction of sp³-hybridized carbons (Fsp3) is 0.556. The van der Waals surface area contributed by atoms with Gasteiger partial charge in [-0.3, -0.25) is 4.79 Å². The maximum Gasteiger partial charge on any atom is 0.276 e.